The van der Waals surface area contributed by atoms with Crippen molar-refractivity contribution in [3.8, 4) is 5.75 Å². The lowest BCUT2D eigenvalue weighted by Gasteiger charge is -2.38. The van der Waals surface area contributed by atoms with Crippen LogP contribution >= 0.6 is 0 Å². The van der Waals surface area contributed by atoms with Crippen LogP contribution in [0.15, 0.2) is 18.2 Å². The summed E-state index contributed by atoms with van der Waals surface area (Å²) in [5.74, 6) is -0.663. The van der Waals surface area contributed by atoms with Crippen LogP contribution in [-0.2, 0) is 4.79 Å². The fourth-order valence-electron chi connectivity index (χ4n) is 2.15. The molecule has 1 saturated carbocycles. The zero-order valence-electron chi connectivity index (χ0n) is 10.2. The molecule has 1 aromatic rings. The minimum atomic E-state index is -0.795. The molecular weight excluding hydrogens is 237 g/mol. The topological polar surface area (TPSA) is 58.6 Å². The second-order valence-corrected chi connectivity index (χ2v) is 4.64. The van der Waals surface area contributed by atoms with E-state index in [0.717, 1.165) is 6.42 Å². The number of carboxylic acid groups (broad SMARTS) is 1. The predicted molar refractivity (Wildman–Crippen MR) is 65.4 cm³/mol. The van der Waals surface area contributed by atoms with Gasteiger partial charge in [0, 0.05) is 12.6 Å². The minimum Gasteiger partial charge on any atom is -0.495 e. The largest absolute Gasteiger partial charge is 0.495 e. The van der Waals surface area contributed by atoms with Gasteiger partial charge in [-0.2, -0.15) is 0 Å². The molecule has 0 heterocycles. The summed E-state index contributed by atoms with van der Waals surface area (Å²) in [5, 5.41) is 12.2. The molecule has 18 heavy (non-hydrogen) atoms. The van der Waals surface area contributed by atoms with Crippen LogP contribution in [0.1, 0.15) is 19.3 Å². The Labute approximate surface area is 105 Å². The van der Waals surface area contributed by atoms with E-state index < -0.39 is 11.4 Å². The Kier molecular flexibility index (Phi) is 3.41. The number of carboxylic acids is 1. The molecule has 1 fully saturated rings. The van der Waals surface area contributed by atoms with Crippen LogP contribution in [-0.4, -0.2) is 24.7 Å². The van der Waals surface area contributed by atoms with E-state index in [2.05, 4.69) is 5.32 Å². The quantitative estimate of drug-likeness (QED) is 0.846. The molecule has 2 rings (SSSR count). The lowest BCUT2D eigenvalue weighted by molar-refractivity contribution is -0.153. The molecule has 5 heteroatoms. The molecular formula is C13H16FNO3. The summed E-state index contributed by atoms with van der Waals surface area (Å²) in [6, 6.07) is 4.14. The highest BCUT2D eigenvalue weighted by Crippen LogP contribution is 2.41. The van der Waals surface area contributed by atoms with Crippen LogP contribution in [0.25, 0.3) is 0 Å². The first-order valence-electron chi connectivity index (χ1n) is 5.88. The summed E-state index contributed by atoms with van der Waals surface area (Å²) in [4.78, 5) is 11.2. The number of halogens is 1. The summed E-state index contributed by atoms with van der Waals surface area (Å²) in [7, 11) is 1.49. The smallest absolute Gasteiger partial charge is 0.311 e. The number of benzene rings is 1. The summed E-state index contributed by atoms with van der Waals surface area (Å²) in [6.07, 6.45) is 2.24. The number of hydrogen-bond acceptors (Lipinski definition) is 3. The van der Waals surface area contributed by atoms with E-state index in [4.69, 9.17) is 4.74 Å². The van der Waals surface area contributed by atoms with Crippen molar-refractivity contribution in [2.45, 2.75) is 19.3 Å². The van der Waals surface area contributed by atoms with E-state index in [0.29, 0.717) is 30.8 Å². The van der Waals surface area contributed by atoms with E-state index in [9.17, 15) is 14.3 Å². The molecule has 0 amide bonds. The number of hydrogen-bond donors (Lipinski definition) is 2. The molecule has 0 saturated heterocycles. The summed E-state index contributed by atoms with van der Waals surface area (Å²) < 4.78 is 18.2. The van der Waals surface area contributed by atoms with Crippen LogP contribution in [0.4, 0.5) is 10.1 Å². The fraction of sp³-hybridized carbons (Fsp3) is 0.462. The lowest BCUT2D eigenvalue weighted by atomic mass is 9.69. The summed E-state index contributed by atoms with van der Waals surface area (Å²) >= 11 is 0. The van der Waals surface area contributed by atoms with Crippen molar-refractivity contribution in [1.29, 1.82) is 0 Å². The lowest BCUT2D eigenvalue weighted by Crippen LogP contribution is -2.43. The Bertz CT molecular complexity index is 458. The van der Waals surface area contributed by atoms with Gasteiger partial charge in [0.2, 0.25) is 0 Å². The van der Waals surface area contributed by atoms with Crippen molar-refractivity contribution in [3.05, 3.63) is 24.0 Å². The van der Waals surface area contributed by atoms with Crippen molar-refractivity contribution in [2.75, 3.05) is 19.0 Å². The molecule has 1 aromatic carbocycles. The standard InChI is InChI=1S/C13H16FNO3/c1-18-11-4-3-9(14)7-10(11)15-8-13(12(16)17)5-2-6-13/h3-4,7,15H,2,5-6,8H2,1H3,(H,16,17). The van der Waals surface area contributed by atoms with Gasteiger partial charge in [0.15, 0.2) is 0 Å². The number of anilines is 1. The van der Waals surface area contributed by atoms with Gasteiger partial charge in [-0.15, -0.1) is 0 Å². The van der Waals surface area contributed by atoms with Crippen molar-refractivity contribution in [2.24, 2.45) is 5.41 Å². The van der Waals surface area contributed by atoms with Gasteiger partial charge >= 0.3 is 5.97 Å². The third kappa shape index (κ3) is 2.25. The van der Waals surface area contributed by atoms with Crippen molar-refractivity contribution in [3.63, 3.8) is 0 Å². The van der Waals surface area contributed by atoms with Gasteiger partial charge in [0.05, 0.1) is 18.2 Å². The van der Waals surface area contributed by atoms with Gasteiger partial charge in [-0.25, -0.2) is 4.39 Å². The summed E-state index contributed by atoms with van der Waals surface area (Å²) in [6.45, 7) is 0.294. The zero-order chi connectivity index (χ0) is 13.2. The molecule has 0 atom stereocenters. The third-order valence-corrected chi connectivity index (χ3v) is 3.54. The van der Waals surface area contributed by atoms with Gasteiger partial charge in [0.1, 0.15) is 11.6 Å². The number of methoxy groups -OCH3 is 1. The van der Waals surface area contributed by atoms with Gasteiger partial charge in [-0.1, -0.05) is 6.42 Å². The highest BCUT2D eigenvalue weighted by molar-refractivity contribution is 5.76. The first kappa shape index (κ1) is 12.7. The van der Waals surface area contributed by atoms with Crippen LogP contribution in [0.2, 0.25) is 0 Å². The molecule has 0 aromatic heterocycles. The van der Waals surface area contributed by atoms with Crippen molar-refractivity contribution in [1.82, 2.24) is 0 Å². The number of ether oxygens (including phenoxy) is 1. The number of rotatable bonds is 5. The second-order valence-electron chi connectivity index (χ2n) is 4.64. The molecule has 0 bridgehead atoms. The average molecular weight is 253 g/mol. The maximum atomic E-state index is 13.1. The maximum absolute atomic E-state index is 13.1. The highest BCUT2D eigenvalue weighted by atomic mass is 19.1. The Balaban J connectivity index is 2.10. The van der Waals surface area contributed by atoms with Crippen LogP contribution in [0.5, 0.6) is 5.75 Å². The first-order valence-corrected chi connectivity index (χ1v) is 5.88. The molecule has 0 spiro atoms. The minimum absolute atomic E-state index is 0.294. The van der Waals surface area contributed by atoms with Crippen LogP contribution < -0.4 is 10.1 Å². The molecule has 0 unspecified atom stereocenters. The van der Waals surface area contributed by atoms with Gasteiger partial charge < -0.3 is 15.2 Å². The molecule has 0 radical (unpaired) electrons. The Morgan fingerprint density at radius 2 is 2.28 bits per heavy atom. The van der Waals surface area contributed by atoms with Gasteiger partial charge in [-0.05, 0) is 25.0 Å². The Morgan fingerprint density at radius 3 is 2.78 bits per heavy atom. The molecule has 4 nitrogen and oxygen atoms in total. The predicted octanol–water partition coefficient (Wildman–Crippen LogP) is 2.50. The van der Waals surface area contributed by atoms with E-state index >= 15 is 0 Å². The Hall–Kier alpha value is -1.78. The molecule has 1 aliphatic rings. The van der Waals surface area contributed by atoms with E-state index in [1.165, 1.54) is 25.3 Å². The first-order chi connectivity index (χ1) is 8.57. The maximum Gasteiger partial charge on any atom is 0.311 e. The van der Waals surface area contributed by atoms with E-state index in [1.54, 1.807) is 0 Å². The third-order valence-electron chi connectivity index (χ3n) is 3.54. The van der Waals surface area contributed by atoms with Crippen LogP contribution in [0.3, 0.4) is 0 Å². The molecule has 1 aliphatic carbocycles. The molecule has 0 aliphatic heterocycles. The fourth-order valence-corrected chi connectivity index (χ4v) is 2.15. The molecule has 98 valence electrons. The normalized spacial score (nSPS) is 16.8. The van der Waals surface area contributed by atoms with E-state index in [1.807, 2.05) is 0 Å². The zero-order valence-corrected chi connectivity index (χ0v) is 10.2. The second kappa shape index (κ2) is 4.84. The Morgan fingerprint density at radius 1 is 1.56 bits per heavy atom. The van der Waals surface area contributed by atoms with Crippen molar-refractivity contribution >= 4 is 11.7 Å². The van der Waals surface area contributed by atoms with Gasteiger partial charge in [-0.3, -0.25) is 4.79 Å². The molecule has 2 N–H and O–H groups in total. The SMILES string of the molecule is COc1ccc(F)cc1NCC1(C(=O)O)CCC1. The highest BCUT2D eigenvalue weighted by Gasteiger charge is 2.44. The monoisotopic (exact) mass is 253 g/mol. The van der Waals surface area contributed by atoms with Crippen molar-refractivity contribution < 1.29 is 19.0 Å². The number of carbonyl (C=O) groups is 1. The van der Waals surface area contributed by atoms with E-state index in [-0.39, 0.29) is 5.82 Å². The van der Waals surface area contributed by atoms with Crippen LogP contribution in [0, 0.1) is 11.2 Å². The summed E-state index contributed by atoms with van der Waals surface area (Å²) in [5.41, 5.74) is -0.220. The number of aliphatic carboxylic acids is 1. The average Bonchev–Trinajstić information content (AvgIpc) is 2.27. The van der Waals surface area contributed by atoms with Gasteiger partial charge in [0.25, 0.3) is 0 Å². The number of nitrogens with one attached hydrogen (secondary N) is 1.